The fourth-order valence-electron chi connectivity index (χ4n) is 1.51. The number of quaternary nitrogens is 1. The van der Waals surface area contributed by atoms with Gasteiger partial charge in [-0.2, -0.15) is 0 Å². The molecule has 86 valence electrons. The third kappa shape index (κ3) is 5.44. The van der Waals surface area contributed by atoms with Crippen LogP contribution < -0.4 is 4.90 Å². The maximum Gasteiger partial charge on any atom is 0.673 e. The Morgan fingerprint density at radius 1 is 1.21 bits per heavy atom. The largest absolute Gasteiger partial charge is 0.673 e. The second-order valence-electron chi connectivity index (χ2n) is 3.74. The molecular formula is C7H17BF4N2. The summed E-state index contributed by atoms with van der Waals surface area (Å²) in [6.45, 7) is 5.85. The highest BCUT2D eigenvalue weighted by Gasteiger charge is 2.31. The first-order valence-electron chi connectivity index (χ1n) is 4.54. The lowest BCUT2D eigenvalue weighted by Crippen LogP contribution is -3.11. The van der Waals surface area contributed by atoms with E-state index in [-0.39, 0.29) is 0 Å². The average Bonchev–Trinajstić information content (AvgIpc) is 2.14. The second kappa shape index (κ2) is 4.98. The van der Waals surface area contributed by atoms with E-state index in [1.54, 1.807) is 4.90 Å². The maximum absolute atomic E-state index is 9.75. The summed E-state index contributed by atoms with van der Waals surface area (Å²) in [6.07, 6.45) is 0.708. The summed E-state index contributed by atoms with van der Waals surface area (Å²) >= 11 is 0. The minimum Gasteiger partial charge on any atom is -0.418 e. The van der Waals surface area contributed by atoms with Crippen LogP contribution >= 0.6 is 0 Å². The minimum atomic E-state index is -6.00. The van der Waals surface area contributed by atoms with Crippen LogP contribution in [0.5, 0.6) is 0 Å². The van der Waals surface area contributed by atoms with Gasteiger partial charge < -0.3 is 22.2 Å². The maximum atomic E-state index is 9.75. The van der Waals surface area contributed by atoms with Crippen LogP contribution in [0.1, 0.15) is 13.8 Å². The van der Waals surface area contributed by atoms with Gasteiger partial charge in [-0.3, -0.25) is 0 Å². The molecule has 0 spiro atoms. The second-order valence-corrected chi connectivity index (χ2v) is 3.74. The van der Waals surface area contributed by atoms with Crippen molar-refractivity contribution in [2.45, 2.75) is 26.1 Å². The number of nitrogens with one attached hydrogen (secondary N) is 1. The molecule has 3 atom stereocenters. The molecule has 0 aromatic carbocycles. The van der Waals surface area contributed by atoms with E-state index < -0.39 is 7.25 Å². The SMILES string of the molecule is CC1C[NH+](C)C(C)N1C.F[B-](F)(F)F. The fourth-order valence-corrected chi connectivity index (χ4v) is 1.51. The molecule has 1 aliphatic rings. The molecular weight excluding hydrogens is 199 g/mol. The highest BCUT2D eigenvalue weighted by atomic mass is 19.5. The summed E-state index contributed by atoms with van der Waals surface area (Å²) in [6, 6.07) is 0.764. The summed E-state index contributed by atoms with van der Waals surface area (Å²) in [5.41, 5.74) is 0. The first kappa shape index (κ1) is 13.7. The van der Waals surface area contributed by atoms with Crippen LogP contribution in [0.4, 0.5) is 17.3 Å². The summed E-state index contributed by atoms with van der Waals surface area (Å²) in [4.78, 5) is 4.06. The van der Waals surface area contributed by atoms with E-state index in [4.69, 9.17) is 0 Å². The van der Waals surface area contributed by atoms with E-state index in [1.165, 1.54) is 6.54 Å². The van der Waals surface area contributed by atoms with Gasteiger partial charge in [-0.15, -0.1) is 0 Å². The van der Waals surface area contributed by atoms with Crippen LogP contribution in [-0.4, -0.2) is 45.0 Å². The van der Waals surface area contributed by atoms with Crippen molar-refractivity contribution >= 4 is 7.25 Å². The Bertz CT molecular complexity index is 158. The molecule has 0 aromatic heterocycles. The number of likely N-dealkylation sites (N-methyl/N-ethyl adjacent to an activating group) is 2. The van der Waals surface area contributed by atoms with Gasteiger partial charge in [0.05, 0.1) is 19.6 Å². The molecule has 0 aromatic rings. The highest BCUT2D eigenvalue weighted by molar-refractivity contribution is 6.50. The smallest absolute Gasteiger partial charge is 0.418 e. The van der Waals surface area contributed by atoms with Crippen LogP contribution in [0.15, 0.2) is 0 Å². The van der Waals surface area contributed by atoms with E-state index >= 15 is 0 Å². The van der Waals surface area contributed by atoms with E-state index in [0.717, 1.165) is 6.04 Å². The predicted molar refractivity (Wildman–Crippen MR) is 48.6 cm³/mol. The number of nitrogens with zero attached hydrogens (tertiary/aromatic N) is 1. The molecule has 14 heavy (non-hydrogen) atoms. The van der Waals surface area contributed by atoms with Crippen molar-refractivity contribution in [2.75, 3.05) is 20.6 Å². The quantitative estimate of drug-likeness (QED) is 0.457. The average molecular weight is 216 g/mol. The van der Waals surface area contributed by atoms with Crippen LogP contribution in [0.2, 0.25) is 0 Å². The van der Waals surface area contributed by atoms with Gasteiger partial charge in [0.2, 0.25) is 0 Å². The molecule has 0 amide bonds. The van der Waals surface area contributed by atoms with Crippen molar-refractivity contribution in [3.05, 3.63) is 0 Å². The van der Waals surface area contributed by atoms with Gasteiger partial charge in [0, 0.05) is 6.92 Å². The van der Waals surface area contributed by atoms with Crippen LogP contribution in [0, 0.1) is 0 Å². The first-order chi connectivity index (χ1) is 6.13. The third-order valence-corrected chi connectivity index (χ3v) is 2.64. The Balaban J connectivity index is 0.000000292. The monoisotopic (exact) mass is 216 g/mol. The van der Waals surface area contributed by atoms with Crippen molar-refractivity contribution in [2.24, 2.45) is 0 Å². The van der Waals surface area contributed by atoms with Crippen molar-refractivity contribution in [3.63, 3.8) is 0 Å². The van der Waals surface area contributed by atoms with Crippen molar-refractivity contribution in [1.29, 1.82) is 0 Å². The van der Waals surface area contributed by atoms with Crippen LogP contribution in [0.3, 0.4) is 0 Å². The third-order valence-electron chi connectivity index (χ3n) is 2.64. The molecule has 0 aliphatic carbocycles. The molecule has 2 nitrogen and oxygen atoms in total. The summed E-state index contributed by atoms with van der Waals surface area (Å²) in [7, 11) is -1.55. The molecule has 1 aliphatic heterocycles. The van der Waals surface area contributed by atoms with Crippen LogP contribution in [0.25, 0.3) is 0 Å². The Morgan fingerprint density at radius 3 is 1.64 bits per heavy atom. The molecule has 1 heterocycles. The van der Waals surface area contributed by atoms with E-state index in [0.29, 0.717) is 6.17 Å². The Hall–Kier alpha value is -0.295. The van der Waals surface area contributed by atoms with Crippen LogP contribution in [-0.2, 0) is 0 Å². The zero-order valence-electron chi connectivity index (χ0n) is 8.90. The molecule has 1 rings (SSSR count). The normalized spacial score (nSPS) is 33.9. The van der Waals surface area contributed by atoms with Gasteiger partial charge in [-0.05, 0) is 14.0 Å². The van der Waals surface area contributed by atoms with Gasteiger partial charge in [0.25, 0.3) is 0 Å². The van der Waals surface area contributed by atoms with Gasteiger partial charge in [0.1, 0.15) is 6.17 Å². The number of rotatable bonds is 0. The summed E-state index contributed by atoms with van der Waals surface area (Å²) < 4.78 is 39.0. The highest BCUT2D eigenvalue weighted by Crippen LogP contribution is 2.06. The van der Waals surface area contributed by atoms with Crippen molar-refractivity contribution < 1.29 is 22.2 Å². The number of hydrogen-bond acceptors (Lipinski definition) is 1. The fraction of sp³-hybridized carbons (Fsp3) is 1.00. The molecule has 1 N–H and O–H groups in total. The Kier molecular flexibility index (Phi) is 4.87. The number of hydrogen-bond donors (Lipinski definition) is 1. The lowest BCUT2D eigenvalue weighted by Gasteiger charge is -2.17. The molecule has 3 unspecified atom stereocenters. The number of halogens is 4. The lowest BCUT2D eigenvalue weighted by atomic mass is 10.3. The van der Waals surface area contributed by atoms with E-state index in [9.17, 15) is 17.3 Å². The van der Waals surface area contributed by atoms with Gasteiger partial charge >= 0.3 is 7.25 Å². The topological polar surface area (TPSA) is 7.68 Å². The molecule has 1 fully saturated rings. The standard InChI is InChI=1S/C7H16N2.BF4/c1-6-5-8(3)7(2)9(6)4;2-1(3,4)5/h6-7H,5H2,1-4H3;/q;-1/p+1. The Morgan fingerprint density at radius 2 is 1.57 bits per heavy atom. The lowest BCUT2D eigenvalue weighted by molar-refractivity contribution is -0.896. The molecule has 1 saturated heterocycles. The van der Waals surface area contributed by atoms with Gasteiger partial charge in [0.15, 0.2) is 0 Å². The first-order valence-corrected chi connectivity index (χ1v) is 4.54. The summed E-state index contributed by atoms with van der Waals surface area (Å²) in [5.74, 6) is 0. The molecule has 0 radical (unpaired) electrons. The van der Waals surface area contributed by atoms with Crippen molar-refractivity contribution in [1.82, 2.24) is 4.90 Å². The molecule has 0 saturated carbocycles. The zero-order chi connectivity index (χ0) is 11.5. The van der Waals surface area contributed by atoms with E-state index in [1.807, 2.05) is 0 Å². The van der Waals surface area contributed by atoms with Crippen molar-refractivity contribution in [3.8, 4) is 0 Å². The van der Waals surface area contributed by atoms with E-state index in [2.05, 4.69) is 32.8 Å². The van der Waals surface area contributed by atoms with Gasteiger partial charge in [-0.25, -0.2) is 4.90 Å². The van der Waals surface area contributed by atoms with Gasteiger partial charge in [-0.1, -0.05) is 0 Å². The predicted octanol–water partition coefficient (Wildman–Crippen LogP) is 0.481. The molecule has 7 heteroatoms. The molecule has 0 bridgehead atoms. The summed E-state index contributed by atoms with van der Waals surface area (Å²) in [5, 5.41) is 0. The zero-order valence-corrected chi connectivity index (χ0v) is 8.90. The Labute approximate surface area is 82.0 Å². The minimum absolute atomic E-state index is 0.708.